The van der Waals surface area contributed by atoms with Crippen LogP contribution in [0.25, 0.3) is 0 Å². The second kappa shape index (κ2) is 57.1. The van der Waals surface area contributed by atoms with Gasteiger partial charge in [0.15, 0.2) is 0 Å². The molecule has 382 valence electrons. The summed E-state index contributed by atoms with van der Waals surface area (Å²) >= 11 is 0. The quantitative estimate of drug-likeness (QED) is 0.0421. The van der Waals surface area contributed by atoms with Crippen molar-refractivity contribution in [2.45, 2.75) is 264 Å². The molecule has 0 fully saturated rings. The van der Waals surface area contributed by atoms with Crippen LogP contribution in [0.2, 0.25) is 0 Å². The lowest BCUT2D eigenvalue weighted by atomic mass is 10.0. The van der Waals surface area contributed by atoms with Gasteiger partial charge in [0.1, 0.15) is 0 Å². The normalized spacial score (nSPS) is 13.8. The van der Waals surface area contributed by atoms with Crippen molar-refractivity contribution in [1.82, 2.24) is 5.32 Å². The predicted molar refractivity (Wildman–Crippen MR) is 299 cm³/mol. The van der Waals surface area contributed by atoms with Crippen LogP contribution in [0.15, 0.2) is 122 Å². The maximum Gasteiger partial charge on any atom is 0.220 e. The first kappa shape index (κ1) is 63.8. The number of carbonyl (C=O) groups excluding carboxylic acids is 1. The standard InChI is InChI=1S/C63H107NO3/c1-3-5-7-9-11-13-15-17-19-21-23-25-27-29-31-33-34-36-38-40-42-44-46-48-50-52-54-56-58-62(66)61(60-65)64-63(67)59-57-55-53-51-49-47-45-43-41-39-37-35-32-30-28-26-24-22-20-18-16-14-12-10-8-6-4-2/h6,8,12,14,18,20,24,26,30,32,37,39-40,42-43,45,48,50,56,58,61-62,65-66H,3-5,7,9-11,13,15-17,19,21-23,25,27-29,31,33-36,38,41,44,46-47,49,51-55,57,59-60H2,1-2H3,(H,64,67)/b8-6-,14-12-,20-18-,26-24-,32-30-,39-37-,42-40+,45-43-,50-48+,58-56+. The van der Waals surface area contributed by atoms with E-state index >= 15 is 0 Å². The Morgan fingerprint density at radius 3 is 1.04 bits per heavy atom. The van der Waals surface area contributed by atoms with E-state index in [9.17, 15) is 15.0 Å². The number of rotatable bonds is 50. The molecule has 0 spiro atoms. The number of hydrogen-bond donors (Lipinski definition) is 3. The van der Waals surface area contributed by atoms with Gasteiger partial charge in [-0.15, -0.1) is 0 Å². The Kier molecular flexibility index (Phi) is 54.4. The fourth-order valence-corrected chi connectivity index (χ4v) is 7.90. The van der Waals surface area contributed by atoms with E-state index in [1.807, 2.05) is 6.08 Å². The Bertz CT molecular complexity index is 1330. The average molecular weight is 927 g/mol. The van der Waals surface area contributed by atoms with Crippen molar-refractivity contribution < 1.29 is 15.0 Å². The Morgan fingerprint density at radius 2 is 0.672 bits per heavy atom. The van der Waals surface area contributed by atoms with Crippen molar-refractivity contribution >= 4 is 5.91 Å². The minimum atomic E-state index is -0.889. The molecule has 0 bridgehead atoms. The highest BCUT2D eigenvalue weighted by Gasteiger charge is 2.17. The molecule has 2 unspecified atom stereocenters. The van der Waals surface area contributed by atoms with Gasteiger partial charge in [-0.1, -0.05) is 264 Å². The first-order valence-corrected chi connectivity index (χ1v) is 28.2. The fourth-order valence-electron chi connectivity index (χ4n) is 7.90. The maximum absolute atomic E-state index is 12.5. The summed E-state index contributed by atoms with van der Waals surface area (Å²) in [5.41, 5.74) is 0. The van der Waals surface area contributed by atoms with Crippen LogP contribution in [-0.2, 0) is 4.79 Å². The molecule has 67 heavy (non-hydrogen) atoms. The Hall–Kier alpha value is -3.21. The first-order valence-electron chi connectivity index (χ1n) is 28.2. The van der Waals surface area contributed by atoms with Crippen molar-refractivity contribution in [3.63, 3.8) is 0 Å². The van der Waals surface area contributed by atoms with Crippen molar-refractivity contribution in [2.75, 3.05) is 6.61 Å². The highest BCUT2D eigenvalue weighted by atomic mass is 16.3. The molecule has 4 heteroatoms. The van der Waals surface area contributed by atoms with E-state index in [-0.39, 0.29) is 12.5 Å². The third-order valence-corrected chi connectivity index (χ3v) is 12.2. The van der Waals surface area contributed by atoms with Crippen LogP contribution in [0.1, 0.15) is 251 Å². The average Bonchev–Trinajstić information content (AvgIpc) is 3.33. The third-order valence-electron chi connectivity index (χ3n) is 12.2. The number of unbranched alkanes of at least 4 members (excludes halogenated alkanes) is 25. The van der Waals surface area contributed by atoms with Gasteiger partial charge in [-0.05, 0) is 103 Å². The van der Waals surface area contributed by atoms with Gasteiger partial charge in [0.2, 0.25) is 5.91 Å². The number of nitrogens with one attached hydrogen (secondary N) is 1. The summed E-state index contributed by atoms with van der Waals surface area (Å²) in [5, 5.41) is 23.1. The SMILES string of the molecule is CC/C=C\C/C=C\C/C=C\C/C=C\C/C=C\C/C=C\C/C=C\CCCCCCCC(=O)NC(CO)C(O)/C=C/CC/C=C/CC/C=C/CCCCCCCCCCCCCCCCCCCC. The van der Waals surface area contributed by atoms with Gasteiger partial charge in [-0.2, -0.15) is 0 Å². The molecule has 0 saturated heterocycles. The molecule has 0 aliphatic carbocycles. The number of aliphatic hydroxyl groups excluding tert-OH is 2. The summed E-state index contributed by atoms with van der Waals surface area (Å²) in [7, 11) is 0. The summed E-state index contributed by atoms with van der Waals surface area (Å²) in [4.78, 5) is 12.5. The van der Waals surface area contributed by atoms with Crippen LogP contribution in [-0.4, -0.2) is 34.9 Å². The number of carbonyl (C=O) groups is 1. The number of hydrogen-bond acceptors (Lipinski definition) is 3. The summed E-state index contributed by atoms with van der Waals surface area (Å²) in [6.45, 7) is 4.18. The third kappa shape index (κ3) is 53.6. The van der Waals surface area contributed by atoms with Crippen molar-refractivity contribution in [2.24, 2.45) is 0 Å². The van der Waals surface area contributed by atoms with Gasteiger partial charge in [0.25, 0.3) is 0 Å². The molecule has 0 radical (unpaired) electrons. The maximum atomic E-state index is 12.5. The topological polar surface area (TPSA) is 69.6 Å². The van der Waals surface area contributed by atoms with E-state index in [1.54, 1.807) is 6.08 Å². The van der Waals surface area contributed by atoms with E-state index in [2.05, 4.69) is 129 Å². The highest BCUT2D eigenvalue weighted by Crippen LogP contribution is 2.15. The lowest BCUT2D eigenvalue weighted by molar-refractivity contribution is -0.123. The second-order valence-electron chi connectivity index (χ2n) is 18.6. The Morgan fingerprint density at radius 1 is 0.373 bits per heavy atom. The van der Waals surface area contributed by atoms with E-state index in [1.165, 1.54) is 135 Å². The van der Waals surface area contributed by atoms with Crippen LogP contribution in [0.4, 0.5) is 0 Å². The van der Waals surface area contributed by atoms with Gasteiger partial charge in [-0.3, -0.25) is 4.79 Å². The fraction of sp³-hybridized carbons (Fsp3) is 0.667. The summed E-state index contributed by atoms with van der Waals surface area (Å²) in [6.07, 6.45) is 87.8. The van der Waals surface area contributed by atoms with E-state index in [0.29, 0.717) is 6.42 Å². The predicted octanol–water partition coefficient (Wildman–Crippen LogP) is 18.9. The van der Waals surface area contributed by atoms with Gasteiger partial charge >= 0.3 is 0 Å². The van der Waals surface area contributed by atoms with Gasteiger partial charge < -0.3 is 15.5 Å². The Labute approximate surface area is 416 Å². The molecule has 0 saturated carbocycles. The summed E-state index contributed by atoms with van der Waals surface area (Å²) in [6, 6.07) is -0.667. The van der Waals surface area contributed by atoms with Crippen LogP contribution >= 0.6 is 0 Å². The number of allylic oxidation sites excluding steroid dienone is 19. The molecule has 3 N–H and O–H groups in total. The Balaban J connectivity index is 3.67. The van der Waals surface area contributed by atoms with E-state index in [4.69, 9.17) is 0 Å². The van der Waals surface area contributed by atoms with Gasteiger partial charge in [0.05, 0.1) is 18.8 Å². The van der Waals surface area contributed by atoms with Crippen molar-refractivity contribution in [3.05, 3.63) is 122 Å². The molecule has 2 atom stereocenters. The van der Waals surface area contributed by atoms with Crippen LogP contribution in [0.5, 0.6) is 0 Å². The van der Waals surface area contributed by atoms with Crippen molar-refractivity contribution in [1.29, 1.82) is 0 Å². The number of amides is 1. The van der Waals surface area contributed by atoms with E-state index in [0.717, 1.165) is 96.3 Å². The van der Waals surface area contributed by atoms with Gasteiger partial charge in [-0.25, -0.2) is 0 Å². The van der Waals surface area contributed by atoms with Gasteiger partial charge in [0, 0.05) is 6.42 Å². The molecule has 0 aromatic carbocycles. The smallest absolute Gasteiger partial charge is 0.220 e. The zero-order valence-corrected chi connectivity index (χ0v) is 43.9. The summed E-state index contributed by atoms with van der Waals surface area (Å²) < 4.78 is 0. The van der Waals surface area contributed by atoms with Crippen LogP contribution < -0.4 is 5.32 Å². The minimum absolute atomic E-state index is 0.101. The molecule has 1 amide bonds. The number of aliphatic hydroxyl groups is 2. The van der Waals surface area contributed by atoms with Crippen LogP contribution in [0, 0.1) is 0 Å². The van der Waals surface area contributed by atoms with Crippen molar-refractivity contribution in [3.8, 4) is 0 Å². The molecule has 0 aromatic rings. The highest BCUT2D eigenvalue weighted by molar-refractivity contribution is 5.76. The molecule has 0 aliphatic rings. The molecule has 4 nitrogen and oxygen atoms in total. The second-order valence-corrected chi connectivity index (χ2v) is 18.6. The largest absolute Gasteiger partial charge is 0.394 e. The zero-order chi connectivity index (χ0) is 48.5. The first-order chi connectivity index (χ1) is 33.2. The minimum Gasteiger partial charge on any atom is -0.394 e. The molecule has 0 aromatic heterocycles. The molecule has 0 rings (SSSR count). The summed E-state index contributed by atoms with van der Waals surface area (Å²) in [5.74, 6) is -0.101. The molecular formula is C63H107NO3. The molecular weight excluding hydrogens is 819 g/mol. The lowest BCUT2D eigenvalue weighted by Gasteiger charge is -2.19. The molecule has 0 heterocycles. The lowest BCUT2D eigenvalue weighted by Crippen LogP contribution is -2.45. The van der Waals surface area contributed by atoms with E-state index < -0.39 is 12.1 Å². The van der Waals surface area contributed by atoms with Crippen LogP contribution in [0.3, 0.4) is 0 Å². The molecule has 0 aliphatic heterocycles. The zero-order valence-electron chi connectivity index (χ0n) is 43.9. The monoisotopic (exact) mass is 926 g/mol.